The van der Waals surface area contributed by atoms with Gasteiger partial charge < -0.3 is 5.32 Å². The molecule has 142 valence electrons. The van der Waals surface area contributed by atoms with Gasteiger partial charge in [0.2, 0.25) is 5.91 Å². The second-order valence-electron chi connectivity index (χ2n) is 6.71. The van der Waals surface area contributed by atoms with Crippen LogP contribution in [0.5, 0.6) is 0 Å². The molecule has 1 amide bonds. The van der Waals surface area contributed by atoms with Gasteiger partial charge in [-0.1, -0.05) is 36.4 Å². The molecular weight excluding hydrogens is 354 g/mol. The molecule has 4 aromatic rings. The van der Waals surface area contributed by atoms with Gasteiger partial charge in [0.25, 0.3) is 0 Å². The number of fused-ring (bicyclic) bond motifs is 1. The summed E-state index contributed by atoms with van der Waals surface area (Å²) in [6, 6.07) is 14.3. The molecule has 2 aromatic carbocycles. The van der Waals surface area contributed by atoms with E-state index in [2.05, 4.69) is 50.2 Å². The Morgan fingerprint density at radius 2 is 2.00 bits per heavy atom. The third-order valence-corrected chi connectivity index (χ3v) is 4.85. The molecule has 0 fully saturated rings. The smallest absolute Gasteiger partial charge is 0.222 e. The summed E-state index contributed by atoms with van der Waals surface area (Å²) in [6.07, 6.45) is 3.63. The summed E-state index contributed by atoms with van der Waals surface area (Å²) < 4.78 is 3.47. The van der Waals surface area contributed by atoms with Crippen LogP contribution >= 0.6 is 0 Å². The molecule has 2 heterocycles. The predicted molar refractivity (Wildman–Crippen MR) is 105 cm³/mol. The van der Waals surface area contributed by atoms with Crippen molar-refractivity contribution in [1.82, 2.24) is 35.3 Å². The minimum absolute atomic E-state index is 0.0553. The molecule has 0 bridgehead atoms. The van der Waals surface area contributed by atoms with E-state index in [0.717, 1.165) is 22.3 Å². The van der Waals surface area contributed by atoms with Gasteiger partial charge in [0, 0.05) is 23.1 Å². The van der Waals surface area contributed by atoms with E-state index >= 15 is 0 Å². The molecule has 0 aliphatic carbocycles. The standard InChI is InChI=1S/C20H21N7O/c1-14(23-20(28)10-11-26-13-21-24-25-26)18-12-22-27(15(18)2)19-9-5-7-16-6-3-4-8-17(16)19/h3-9,12-14H,10-11H2,1-2H3,(H,23,28)/t14-/m1/s1. The van der Waals surface area contributed by atoms with E-state index in [-0.39, 0.29) is 11.9 Å². The highest BCUT2D eigenvalue weighted by Crippen LogP contribution is 2.25. The van der Waals surface area contributed by atoms with Crippen molar-refractivity contribution in [2.45, 2.75) is 32.9 Å². The Morgan fingerprint density at radius 1 is 1.18 bits per heavy atom. The van der Waals surface area contributed by atoms with Gasteiger partial charge in [-0.25, -0.2) is 9.36 Å². The first kappa shape index (κ1) is 17.8. The van der Waals surface area contributed by atoms with Crippen LogP contribution in [0, 0.1) is 6.92 Å². The number of hydrogen-bond acceptors (Lipinski definition) is 5. The maximum absolute atomic E-state index is 12.3. The molecule has 0 unspecified atom stereocenters. The Morgan fingerprint density at radius 3 is 2.82 bits per heavy atom. The van der Waals surface area contributed by atoms with Crippen molar-refractivity contribution in [3.8, 4) is 5.69 Å². The molecule has 0 aliphatic heterocycles. The molecule has 0 radical (unpaired) electrons. The van der Waals surface area contributed by atoms with Crippen molar-refractivity contribution in [1.29, 1.82) is 0 Å². The fourth-order valence-electron chi connectivity index (χ4n) is 3.37. The Balaban J connectivity index is 1.52. The lowest BCUT2D eigenvalue weighted by Gasteiger charge is -2.15. The van der Waals surface area contributed by atoms with Crippen LogP contribution in [0.15, 0.2) is 55.0 Å². The third kappa shape index (κ3) is 3.48. The second kappa shape index (κ2) is 7.59. The minimum Gasteiger partial charge on any atom is -0.349 e. The minimum atomic E-state index is -0.148. The second-order valence-corrected chi connectivity index (χ2v) is 6.71. The van der Waals surface area contributed by atoms with Crippen LogP contribution in [0.3, 0.4) is 0 Å². The number of hydrogen-bond donors (Lipinski definition) is 1. The molecule has 2 aromatic heterocycles. The average Bonchev–Trinajstić information content (AvgIpc) is 3.35. The van der Waals surface area contributed by atoms with Crippen LogP contribution in [0.4, 0.5) is 0 Å². The van der Waals surface area contributed by atoms with Crippen molar-refractivity contribution in [2.75, 3.05) is 0 Å². The van der Waals surface area contributed by atoms with Gasteiger partial charge in [0.15, 0.2) is 0 Å². The number of tetrazole rings is 1. The van der Waals surface area contributed by atoms with E-state index in [1.807, 2.05) is 42.9 Å². The highest BCUT2D eigenvalue weighted by molar-refractivity contribution is 5.90. The first-order valence-corrected chi connectivity index (χ1v) is 9.16. The highest BCUT2D eigenvalue weighted by Gasteiger charge is 2.17. The van der Waals surface area contributed by atoms with Gasteiger partial charge in [-0.3, -0.25) is 4.79 Å². The largest absolute Gasteiger partial charge is 0.349 e. The summed E-state index contributed by atoms with van der Waals surface area (Å²) in [7, 11) is 0. The summed E-state index contributed by atoms with van der Waals surface area (Å²) in [5, 5.41) is 20.8. The lowest BCUT2D eigenvalue weighted by molar-refractivity contribution is -0.122. The summed E-state index contributed by atoms with van der Waals surface area (Å²) in [5.41, 5.74) is 3.02. The van der Waals surface area contributed by atoms with E-state index < -0.39 is 0 Å². The van der Waals surface area contributed by atoms with Gasteiger partial charge in [-0.05, 0) is 35.7 Å². The molecule has 28 heavy (non-hydrogen) atoms. The molecule has 0 aliphatic rings. The number of aryl methyl sites for hydroxylation is 1. The molecule has 8 heteroatoms. The molecule has 0 saturated carbocycles. The zero-order chi connectivity index (χ0) is 19.5. The quantitative estimate of drug-likeness (QED) is 0.559. The summed E-state index contributed by atoms with van der Waals surface area (Å²) in [4.78, 5) is 12.3. The molecule has 0 spiro atoms. The molecule has 1 N–H and O–H groups in total. The number of amides is 1. The Bertz CT molecular complexity index is 1100. The van der Waals surface area contributed by atoms with Crippen molar-refractivity contribution < 1.29 is 4.79 Å². The number of nitrogens with zero attached hydrogens (tertiary/aromatic N) is 6. The van der Waals surface area contributed by atoms with Gasteiger partial charge in [-0.15, -0.1) is 5.10 Å². The Hall–Kier alpha value is -3.55. The van der Waals surface area contributed by atoms with Crippen LogP contribution in [-0.2, 0) is 11.3 Å². The molecule has 1 atom stereocenters. The normalized spacial score (nSPS) is 12.2. The number of carbonyl (C=O) groups excluding carboxylic acids is 1. The number of rotatable bonds is 6. The zero-order valence-electron chi connectivity index (χ0n) is 15.8. The SMILES string of the molecule is Cc1c([C@@H](C)NC(=O)CCn2cnnn2)cnn1-c1cccc2ccccc12. The number of aromatic nitrogens is 6. The van der Waals surface area contributed by atoms with Crippen LogP contribution < -0.4 is 5.32 Å². The zero-order valence-corrected chi connectivity index (χ0v) is 15.8. The van der Waals surface area contributed by atoms with E-state index in [9.17, 15) is 4.79 Å². The number of carbonyl (C=O) groups is 1. The lowest BCUT2D eigenvalue weighted by atomic mass is 10.1. The van der Waals surface area contributed by atoms with Crippen LogP contribution in [0.25, 0.3) is 16.5 Å². The molecule has 4 rings (SSSR count). The first-order chi connectivity index (χ1) is 13.6. The topological polar surface area (TPSA) is 90.5 Å². The van der Waals surface area contributed by atoms with Crippen molar-refractivity contribution in [3.05, 3.63) is 66.2 Å². The van der Waals surface area contributed by atoms with Crippen LogP contribution in [-0.4, -0.2) is 35.9 Å². The van der Waals surface area contributed by atoms with Crippen molar-refractivity contribution in [2.24, 2.45) is 0 Å². The average molecular weight is 375 g/mol. The van der Waals surface area contributed by atoms with Crippen LogP contribution in [0.2, 0.25) is 0 Å². The van der Waals surface area contributed by atoms with Crippen molar-refractivity contribution in [3.63, 3.8) is 0 Å². The van der Waals surface area contributed by atoms with Crippen LogP contribution in [0.1, 0.15) is 30.6 Å². The summed E-state index contributed by atoms with van der Waals surface area (Å²) in [5.74, 6) is -0.0553. The van der Waals surface area contributed by atoms with Gasteiger partial charge in [0.05, 0.1) is 24.5 Å². The van der Waals surface area contributed by atoms with Gasteiger partial charge >= 0.3 is 0 Å². The monoisotopic (exact) mass is 375 g/mol. The van der Waals surface area contributed by atoms with E-state index in [0.29, 0.717) is 13.0 Å². The van der Waals surface area contributed by atoms with E-state index in [4.69, 9.17) is 0 Å². The fraction of sp³-hybridized carbons (Fsp3) is 0.250. The Kier molecular flexibility index (Phi) is 4.84. The molecular formula is C20H21N7O. The number of nitrogens with one attached hydrogen (secondary N) is 1. The summed E-state index contributed by atoms with van der Waals surface area (Å²) in [6.45, 7) is 4.43. The van der Waals surface area contributed by atoms with Gasteiger partial charge in [-0.2, -0.15) is 5.10 Å². The molecule has 0 saturated heterocycles. The highest BCUT2D eigenvalue weighted by atomic mass is 16.1. The first-order valence-electron chi connectivity index (χ1n) is 9.16. The Labute approximate surface area is 162 Å². The molecule has 8 nitrogen and oxygen atoms in total. The third-order valence-electron chi connectivity index (χ3n) is 4.85. The van der Waals surface area contributed by atoms with E-state index in [1.54, 1.807) is 0 Å². The maximum atomic E-state index is 12.3. The predicted octanol–water partition coefficient (Wildman–Crippen LogP) is 2.59. The number of benzene rings is 2. The summed E-state index contributed by atoms with van der Waals surface area (Å²) >= 11 is 0. The van der Waals surface area contributed by atoms with E-state index in [1.165, 1.54) is 16.4 Å². The van der Waals surface area contributed by atoms with Gasteiger partial charge in [0.1, 0.15) is 6.33 Å². The maximum Gasteiger partial charge on any atom is 0.222 e. The van der Waals surface area contributed by atoms with Crippen molar-refractivity contribution >= 4 is 16.7 Å². The fourth-order valence-corrected chi connectivity index (χ4v) is 3.37. The lowest BCUT2D eigenvalue weighted by Crippen LogP contribution is -2.27.